The zero-order valence-corrected chi connectivity index (χ0v) is 17.7. The number of aliphatic imine (C=N–C) groups is 1. The molecule has 0 spiro atoms. The Labute approximate surface area is 169 Å². The first-order valence-electron chi connectivity index (χ1n) is 10.3. The van der Waals surface area contributed by atoms with Gasteiger partial charge in [0.15, 0.2) is 5.96 Å². The van der Waals surface area contributed by atoms with E-state index in [0.29, 0.717) is 12.6 Å². The molecule has 0 aromatic heterocycles. The first kappa shape index (κ1) is 20.4. The summed E-state index contributed by atoms with van der Waals surface area (Å²) in [5.41, 5.74) is 1.24. The smallest absolute Gasteiger partial charge is 0.191 e. The lowest BCUT2D eigenvalue weighted by Crippen LogP contribution is -2.49. The highest BCUT2D eigenvalue weighted by Crippen LogP contribution is 2.29. The average Bonchev–Trinajstić information content (AvgIpc) is 3.49. The van der Waals surface area contributed by atoms with E-state index in [1.54, 1.807) is 0 Å². The molecule has 1 saturated heterocycles. The molecule has 6 heteroatoms. The molecule has 1 aromatic carbocycles. The molecule has 1 aliphatic heterocycles. The highest BCUT2D eigenvalue weighted by atomic mass is 35.5. The summed E-state index contributed by atoms with van der Waals surface area (Å²) in [7, 11) is 4.20. The lowest BCUT2D eigenvalue weighted by molar-refractivity contribution is 0.197. The van der Waals surface area contributed by atoms with E-state index >= 15 is 0 Å². The van der Waals surface area contributed by atoms with Crippen molar-refractivity contribution >= 4 is 17.6 Å². The topological polar surface area (TPSA) is 42.9 Å². The van der Waals surface area contributed by atoms with Gasteiger partial charge < -0.3 is 20.4 Å². The molecule has 1 aliphatic carbocycles. The van der Waals surface area contributed by atoms with Crippen molar-refractivity contribution in [2.75, 3.05) is 40.3 Å². The number of nitrogens with one attached hydrogen (secondary N) is 2. The molecule has 0 amide bonds. The minimum Gasteiger partial charge on any atom is -0.357 e. The van der Waals surface area contributed by atoms with Crippen LogP contribution in [0.4, 0.5) is 0 Å². The molecule has 3 rings (SSSR count). The highest BCUT2D eigenvalue weighted by molar-refractivity contribution is 6.30. The third-order valence-corrected chi connectivity index (χ3v) is 5.83. The fourth-order valence-electron chi connectivity index (χ4n) is 3.79. The van der Waals surface area contributed by atoms with Crippen LogP contribution in [0.5, 0.6) is 0 Å². The molecule has 2 aliphatic rings. The van der Waals surface area contributed by atoms with Crippen LogP contribution in [-0.4, -0.2) is 68.1 Å². The zero-order chi connectivity index (χ0) is 19.2. The Hall–Kier alpha value is -1.30. The van der Waals surface area contributed by atoms with Gasteiger partial charge in [-0.25, -0.2) is 0 Å². The zero-order valence-electron chi connectivity index (χ0n) is 16.9. The van der Waals surface area contributed by atoms with Gasteiger partial charge in [0, 0.05) is 36.7 Å². The number of benzene rings is 1. The van der Waals surface area contributed by atoms with Crippen LogP contribution in [0, 0.1) is 0 Å². The highest BCUT2D eigenvalue weighted by Gasteiger charge is 2.31. The van der Waals surface area contributed by atoms with E-state index in [1.165, 1.54) is 44.3 Å². The first-order valence-corrected chi connectivity index (χ1v) is 10.7. The quantitative estimate of drug-likeness (QED) is 0.553. The molecule has 0 radical (unpaired) electrons. The summed E-state index contributed by atoms with van der Waals surface area (Å²) < 4.78 is 0. The minimum atomic E-state index is 0.231. The van der Waals surface area contributed by atoms with Crippen molar-refractivity contribution in [1.29, 1.82) is 0 Å². The van der Waals surface area contributed by atoms with Crippen molar-refractivity contribution < 1.29 is 0 Å². The second-order valence-corrected chi connectivity index (χ2v) is 8.37. The second kappa shape index (κ2) is 9.76. The number of rotatable bonds is 7. The number of hydrogen-bond donors (Lipinski definition) is 2. The van der Waals surface area contributed by atoms with Gasteiger partial charge in [0.25, 0.3) is 0 Å². The van der Waals surface area contributed by atoms with E-state index in [1.807, 2.05) is 12.1 Å². The number of halogens is 1. The van der Waals surface area contributed by atoms with E-state index in [9.17, 15) is 0 Å². The number of likely N-dealkylation sites (N-methyl/N-ethyl adjacent to an activating group) is 1. The van der Waals surface area contributed by atoms with Crippen molar-refractivity contribution in [3.63, 3.8) is 0 Å². The fourth-order valence-corrected chi connectivity index (χ4v) is 3.92. The molecule has 1 aromatic rings. The third kappa shape index (κ3) is 6.09. The minimum absolute atomic E-state index is 0.231. The van der Waals surface area contributed by atoms with Crippen LogP contribution in [0.1, 0.15) is 44.2 Å². The van der Waals surface area contributed by atoms with Gasteiger partial charge in [0.05, 0.1) is 12.6 Å². The molecule has 2 fully saturated rings. The summed E-state index contributed by atoms with van der Waals surface area (Å²) in [6, 6.07) is 9.73. The van der Waals surface area contributed by atoms with E-state index in [0.717, 1.165) is 23.6 Å². The molecule has 5 nitrogen and oxygen atoms in total. The monoisotopic (exact) mass is 391 g/mol. The van der Waals surface area contributed by atoms with Crippen LogP contribution >= 0.6 is 11.6 Å². The van der Waals surface area contributed by atoms with Crippen LogP contribution in [0.25, 0.3) is 0 Å². The Morgan fingerprint density at radius 3 is 2.41 bits per heavy atom. The van der Waals surface area contributed by atoms with E-state index in [2.05, 4.69) is 53.6 Å². The van der Waals surface area contributed by atoms with Crippen LogP contribution < -0.4 is 10.6 Å². The molecule has 1 atom stereocenters. The molecule has 2 N–H and O–H groups in total. The lowest BCUT2D eigenvalue weighted by Gasteiger charge is -2.33. The van der Waals surface area contributed by atoms with Crippen molar-refractivity contribution in [2.45, 2.75) is 50.7 Å². The maximum absolute atomic E-state index is 6.04. The molecule has 27 heavy (non-hydrogen) atoms. The predicted molar refractivity (Wildman–Crippen MR) is 115 cm³/mol. The van der Waals surface area contributed by atoms with Gasteiger partial charge in [-0.2, -0.15) is 0 Å². The van der Waals surface area contributed by atoms with E-state index < -0.39 is 0 Å². The molecular formula is C21H34ClN5. The maximum atomic E-state index is 6.04. The van der Waals surface area contributed by atoms with Gasteiger partial charge in [-0.3, -0.25) is 4.99 Å². The number of piperidine rings is 1. The molecule has 1 saturated carbocycles. The fraction of sp³-hybridized carbons (Fsp3) is 0.667. The average molecular weight is 392 g/mol. The van der Waals surface area contributed by atoms with Gasteiger partial charge in [-0.1, -0.05) is 23.7 Å². The van der Waals surface area contributed by atoms with Gasteiger partial charge in [-0.15, -0.1) is 0 Å². The molecule has 1 heterocycles. The van der Waals surface area contributed by atoms with Gasteiger partial charge in [-0.05, 0) is 64.4 Å². The van der Waals surface area contributed by atoms with Crippen molar-refractivity contribution in [2.24, 2.45) is 4.99 Å². The van der Waals surface area contributed by atoms with Crippen LogP contribution in [0.15, 0.2) is 29.3 Å². The van der Waals surface area contributed by atoms with Crippen LogP contribution in [0.2, 0.25) is 5.02 Å². The van der Waals surface area contributed by atoms with Crippen LogP contribution in [0.3, 0.4) is 0 Å². The van der Waals surface area contributed by atoms with Gasteiger partial charge >= 0.3 is 0 Å². The summed E-state index contributed by atoms with van der Waals surface area (Å²) in [5, 5.41) is 7.85. The Bertz CT molecular complexity index is 604. The van der Waals surface area contributed by atoms with Gasteiger partial charge in [0.2, 0.25) is 0 Å². The summed E-state index contributed by atoms with van der Waals surface area (Å²) in [6.45, 7) is 6.14. The molecule has 0 bridgehead atoms. The third-order valence-electron chi connectivity index (χ3n) is 5.58. The molecule has 1 unspecified atom stereocenters. The maximum Gasteiger partial charge on any atom is 0.191 e. The van der Waals surface area contributed by atoms with Crippen molar-refractivity contribution in [3.05, 3.63) is 34.9 Å². The normalized spacial score (nSPS) is 20.7. The standard InChI is InChI=1S/C21H34ClN5/c1-4-23-21(25-18-11-13-27(14-12-18)19-9-10-19)24-15-20(26(2)3)16-5-7-17(22)8-6-16/h5-8,18-20H,4,9-15H2,1-3H3,(H2,23,24,25). The number of hydrogen-bond acceptors (Lipinski definition) is 3. The summed E-state index contributed by atoms with van der Waals surface area (Å²) >= 11 is 6.04. The number of guanidine groups is 1. The second-order valence-electron chi connectivity index (χ2n) is 7.94. The summed E-state index contributed by atoms with van der Waals surface area (Å²) in [6.07, 6.45) is 5.21. The Balaban J connectivity index is 1.58. The summed E-state index contributed by atoms with van der Waals surface area (Å²) in [5.74, 6) is 0.934. The van der Waals surface area contributed by atoms with Gasteiger partial charge in [0.1, 0.15) is 0 Å². The van der Waals surface area contributed by atoms with Crippen molar-refractivity contribution in [3.8, 4) is 0 Å². The SMILES string of the molecule is CCNC(=NCC(c1ccc(Cl)cc1)N(C)C)NC1CCN(C2CC2)CC1. The Morgan fingerprint density at radius 1 is 1.19 bits per heavy atom. The van der Waals surface area contributed by atoms with E-state index in [4.69, 9.17) is 16.6 Å². The number of nitrogens with zero attached hydrogens (tertiary/aromatic N) is 3. The lowest BCUT2D eigenvalue weighted by atomic mass is 10.1. The summed E-state index contributed by atoms with van der Waals surface area (Å²) in [4.78, 5) is 9.77. The number of likely N-dealkylation sites (tertiary alicyclic amines) is 1. The Kier molecular flexibility index (Phi) is 7.39. The Morgan fingerprint density at radius 2 is 1.85 bits per heavy atom. The molecular weight excluding hydrogens is 358 g/mol. The van der Waals surface area contributed by atoms with Crippen molar-refractivity contribution in [1.82, 2.24) is 20.4 Å². The molecule has 150 valence electrons. The van der Waals surface area contributed by atoms with Crippen LogP contribution in [-0.2, 0) is 0 Å². The van der Waals surface area contributed by atoms with E-state index in [-0.39, 0.29) is 6.04 Å². The first-order chi connectivity index (χ1) is 13.1. The largest absolute Gasteiger partial charge is 0.357 e. The predicted octanol–water partition coefficient (Wildman–Crippen LogP) is 3.12.